The van der Waals surface area contributed by atoms with Crippen molar-refractivity contribution in [3.63, 3.8) is 0 Å². The Morgan fingerprint density at radius 2 is 1.33 bits per heavy atom. The highest BCUT2D eigenvalue weighted by Gasteiger charge is 2.43. The summed E-state index contributed by atoms with van der Waals surface area (Å²) in [6.07, 6.45) is -17.8. The molecule has 0 spiro atoms. The molecule has 0 bridgehead atoms. The first kappa shape index (κ1) is 33.2. The van der Waals surface area contributed by atoms with E-state index in [9.17, 15) is 44.3 Å². The van der Waals surface area contributed by atoms with Crippen LogP contribution in [0.15, 0.2) is 78.9 Å². The van der Waals surface area contributed by atoms with E-state index >= 15 is 0 Å². The molecule has 3 nitrogen and oxygen atoms in total. The summed E-state index contributed by atoms with van der Waals surface area (Å²) in [4.78, 5) is 14.0. The van der Waals surface area contributed by atoms with Crippen molar-refractivity contribution in [3.05, 3.63) is 117 Å². The molecular formula is C33H23ClF9NO2. The lowest BCUT2D eigenvalue weighted by Crippen LogP contribution is -2.32. The quantitative estimate of drug-likeness (QED) is 0.198. The normalized spacial score (nSPS) is 17.4. The molecule has 13 heteroatoms. The molecule has 5 rings (SSSR count). The lowest BCUT2D eigenvalue weighted by atomic mass is 9.92. The molecule has 4 aromatic rings. The van der Waals surface area contributed by atoms with E-state index in [4.69, 9.17) is 16.3 Å². The second-order valence-corrected chi connectivity index (χ2v) is 11.3. The van der Waals surface area contributed by atoms with Gasteiger partial charge in [-0.15, -0.1) is 0 Å². The number of amides is 1. The number of nitrogens with zero attached hydrogens (tertiary/aromatic N) is 1. The number of hydrogen-bond acceptors (Lipinski definition) is 2. The van der Waals surface area contributed by atoms with Gasteiger partial charge in [0.15, 0.2) is 0 Å². The summed E-state index contributed by atoms with van der Waals surface area (Å²) in [5.41, 5.74) is -1.77. The van der Waals surface area contributed by atoms with Crippen LogP contribution in [0.4, 0.5) is 44.3 Å². The SMILES string of the molecule is Cc1ccccc1-c1ccc(Cl)c(-c2ccc(C(F)(F)F)cc2CN2C(=O)O[C@H](c3cc(C(F)(F)F)cc(C(F)(F)F)c3)[C@@H]2C)c1. The van der Waals surface area contributed by atoms with Crippen molar-refractivity contribution in [2.75, 3.05) is 0 Å². The number of benzene rings is 4. The monoisotopic (exact) mass is 671 g/mol. The fraction of sp³-hybridized carbons (Fsp3) is 0.242. The van der Waals surface area contributed by atoms with Gasteiger partial charge < -0.3 is 4.74 Å². The lowest BCUT2D eigenvalue weighted by molar-refractivity contribution is -0.143. The summed E-state index contributed by atoms with van der Waals surface area (Å²) in [7, 11) is 0. The zero-order chi connectivity index (χ0) is 33.8. The first-order valence-electron chi connectivity index (χ1n) is 13.7. The molecule has 46 heavy (non-hydrogen) atoms. The Balaban J connectivity index is 1.57. The zero-order valence-electron chi connectivity index (χ0n) is 23.9. The Morgan fingerprint density at radius 1 is 0.717 bits per heavy atom. The minimum atomic E-state index is -5.14. The van der Waals surface area contributed by atoms with E-state index in [0.717, 1.165) is 28.2 Å². The Labute approximate surface area is 262 Å². The summed E-state index contributed by atoms with van der Waals surface area (Å²) in [6.45, 7) is 2.68. The molecule has 0 saturated carbocycles. The van der Waals surface area contributed by atoms with Gasteiger partial charge in [-0.3, -0.25) is 4.90 Å². The van der Waals surface area contributed by atoms with Crippen molar-refractivity contribution < 1.29 is 49.0 Å². The first-order chi connectivity index (χ1) is 21.3. The van der Waals surface area contributed by atoms with Gasteiger partial charge in [0, 0.05) is 10.6 Å². The molecule has 0 N–H and O–H groups in total. The molecule has 242 valence electrons. The largest absolute Gasteiger partial charge is 0.439 e. The average molecular weight is 672 g/mol. The van der Waals surface area contributed by atoms with Crippen LogP contribution in [0.5, 0.6) is 0 Å². The molecule has 0 aromatic heterocycles. The van der Waals surface area contributed by atoms with Crippen molar-refractivity contribution in [2.24, 2.45) is 0 Å². The number of aryl methyl sites for hydroxylation is 1. The third-order valence-corrected chi connectivity index (χ3v) is 8.15. The van der Waals surface area contributed by atoms with Crippen LogP contribution in [0.25, 0.3) is 22.3 Å². The molecule has 1 amide bonds. The minimum absolute atomic E-state index is 0.0249. The maximum atomic E-state index is 13.8. The topological polar surface area (TPSA) is 29.5 Å². The number of halogens is 10. The Morgan fingerprint density at radius 3 is 1.91 bits per heavy atom. The van der Waals surface area contributed by atoms with Crippen LogP contribution in [0.2, 0.25) is 5.02 Å². The summed E-state index contributed by atoms with van der Waals surface area (Å²) in [5.74, 6) is 0. The molecule has 2 atom stereocenters. The number of rotatable bonds is 5. The van der Waals surface area contributed by atoms with Crippen LogP contribution in [-0.2, 0) is 29.8 Å². The van der Waals surface area contributed by atoms with Crippen LogP contribution in [0.3, 0.4) is 0 Å². The molecule has 1 heterocycles. The highest BCUT2D eigenvalue weighted by Crippen LogP contribution is 2.43. The standard InChI is InChI=1S/C33H23ClF9NO2/c1-17-5-3-4-6-25(17)19-7-10-28(34)27(14-19)26-9-8-22(31(35,36)37)13-21(26)16-44-18(2)29(46-30(44)45)20-11-23(32(38,39)40)15-24(12-20)33(41,42)43/h3-15,18,29H,16H2,1-2H3/t18-,29-/m0/s1. The van der Waals surface area contributed by atoms with Crippen LogP contribution in [0, 0.1) is 6.92 Å². The van der Waals surface area contributed by atoms with Crippen LogP contribution < -0.4 is 0 Å². The summed E-state index contributed by atoms with van der Waals surface area (Å²) < 4.78 is 128. The molecule has 0 unspecified atom stereocenters. The predicted molar refractivity (Wildman–Crippen MR) is 153 cm³/mol. The summed E-state index contributed by atoms with van der Waals surface area (Å²) in [5, 5.41) is 0.192. The maximum Gasteiger partial charge on any atom is 0.416 e. The highest BCUT2D eigenvalue weighted by atomic mass is 35.5. The van der Waals surface area contributed by atoms with E-state index in [-0.39, 0.29) is 22.2 Å². The predicted octanol–water partition coefficient (Wildman–Crippen LogP) is 11.1. The van der Waals surface area contributed by atoms with Gasteiger partial charge >= 0.3 is 24.6 Å². The van der Waals surface area contributed by atoms with Crippen LogP contribution in [0.1, 0.15) is 46.4 Å². The number of carbonyl (C=O) groups is 1. The second kappa shape index (κ2) is 11.9. The van der Waals surface area contributed by atoms with Gasteiger partial charge in [-0.2, -0.15) is 39.5 Å². The number of ether oxygens (including phenoxy) is 1. The van der Waals surface area contributed by atoms with E-state index in [1.807, 2.05) is 31.2 Å². The smallest absolute Gasteiger partial charge is 0.416 e. The van der Waals surface area contributed by atoms with E-state index in [1.54, 1.807) is 18.2 Å². The fourth-order valence-corrected chi connectivity index (χ4v) is 5.67. The van der Waals surface area contributed by atoms with Gasteiger partial charge in [0.25, 0.3) is 0 Å². The molecule has 0 aliphatic carbocycles. The third kappa shape index (κ3) is 6.67. The Bertz CT molecular complexity index is 1770. The van der Waals surface area contributed by atoms with Crippen LogP contribution in [-0.4, -0.2) is 17.0 Å². The van der Waals surface area contributed by atoms with Crippen molar-refractivity contribution in [3.8, 4) is 22.3 Å². The molecule has 1 fully saturated rings. The van der Waals surface area contributed by atoms with Gasteiger partial charge in [-0.1, -0.05) is 48.0 Å². The van der Waals surface area contributed by atoms with Gasteiger partial charge in [0.1, 0.15) is 6.10 Å². The molecule has 0 radical (unpaired) electrons. The van der Waals surface area contributed by atoms with Crippen molar-refractivity contribution in [1.29, 1.82) is 0 Å². The fourth-order valence-electron chi connectivity index (χ4n) is 5.45. The first-order valence-corrected chi connectivity index (χ1v) is 14.0. The van der Waals surface area contributed by atoms with E-state index in [2.05, 4.69) is 0 Å². The number of cyclic esters (lactones) is 1. The summed E-state index contributed by atoms with van der Waals surface area (Å²) >= 11 is 6.53. The molecule has 1 aliphatic heterocycles. The molecule has 1 aliphatic rings. The highest BCUT2D eigenvalue weighted by molar-refractivity contribution is 6.33. The number of carbonyl (C=O) groups excluding carboxylic acids is 1. The third-order valence-electron chi connectivity index (χ3n) is 7.82. The van der Waals surface area contributed by atoms with Gasteiger partial charge in [-0.05, 0) is 89.7 Å². The van der Waals surface area contributed by atoms with Crippen molar-refractivity contribution >= 4 is 17.7 Å². The Hall–Kier alpha value is -4.19. The lowest BCUT2D eigenvalue weighted by Gasteiger charge is -2.24. The van der Waals surface area contributed by atoms with Crippen molar-refractivity contribution in [1.82, 2.24) is 4.90 Å². The van der Waals surface area contributed by atoms with Gasteiger partial charge in [0.05, 0.1) is 29.3 Å². The van der Waals surface area contributed by atoms with Gasteiger partial charge in [0.2, 0.25) is 0 Å². The summed E-state index contributed by atoms with van der Waals surface area (Å²) in [6, 6.07) is 15.0. The average Bonchev–Trinajstić information content (AvgIpc) is 3.25. The zero-order valence-corrected chi connectivity index (χ0v) is 24.7. The molecule has 4 aromatic carbocycles. The van der Waals surface area contributed by atoms with E-state index in [1.165, 1.54) is 13.0 Å². The van der Waals surface area contributed by atoms with Gasteiger partial charge in [-0.25, -0.2) is 4.79 Å². The number of alkyl halides is 9. The van der Waals surface area contributed by atoms with E-state index in [0.29, 0.717) is 23.3 Å². The second-order valence-electron chi connectivity index (χ2n) is 10.9. The van der Waals surface area contributed by atoms with Crippen LogP contribution >= 0.6 is 11.6 Å². The minimum Gasteiger partial charge on any atom is -0.439 e. The Kier molecular flexibility index (Phi) is 8.56. The number of hydrogen-bond donors (Lipinski definition) is 0. The molecule has 1 saturated heterocycles. The molecular weight excluding hydrogens is 649 g/mol. The maximum absolute atomic E-state index is 13.8. The van der Waals surface area contributed by atoms with Crippen molar-refractivity contribution in [2.45, 2.75) is 51.1 Å². The van der Waals surface area contributed by atoms with E-state index < -0.39 is 65.6 Å².